The maximum atomic E-state index is 13.5. The van der Waals surface area contributed by atoms with Gasteiger partial charge in [0.15, 0.2) is 17.4 Å². The van der Waals surface area contributed by atoms with Gasteiger partial charge >= 0.3 is 6.55 Å². The molecule has 0 amide bonds. The van der Waals surface area contributed by atoms with Crippen LogP contribution in [0.5, 0.6) is 5.75 Å². The second kappa shape index (κ2) is 5.47. The Kier molecular flexibility index (Phi) is 3.51. The molecule has 3 rings (SSSR count). The number of hydrogen-bond acceptors (Lipinski definition) is 2. The molecular weight excluding hydrogens is 281 g/mol. The fourth-order valence-corrected chi connectivity index (χ4v) is 2.12. The molecule has 108 valence electrons. The van der Waals surface area contributed by atoms with E-state index in [0.717, 1.165) is 4.57 Å². The van der Waals surface area contributed by atoms with Gasteiger partial charge < -0.3 is 4.74 Å². The van der Waals surface area contributed by atoms with Crippen LogP contribution in [0.15, 0.2) is 48.5 Å². The largest absolute Gasteiger partial charge is 0.483 e. The molecule has 3 nitrogen and oxygen atoms in total. The first-order valence-corrected chi connectivity index (χ1v) is 6.28. The molecule has 0 bridgehead atoms. The number of fused-ring (bicyclic) bond motifs is 1. The lowest BCUT2D eigenvalue weighted by Crippen LogP contribution is -2.08. The molecule has 1 aromatic heterocycles. The predicted octanol–water partition coefficient (Wildman–Crippen LogP) is 4.15. The van der Waals surface area contributed by atoms with Gasteiger partial charge in [0.1, 0.15) is 6.61 Å². The third-order valence-electron chi connectivity index (χ3n) is 3.06. The van der Waals surface area contributed by atoms with Crippen LogP contribution in [0.25, 0.3) is 11.0 Å². The van der Waals surface area contributed by atoms with Crippen LogP contribution in [0.1, 0.15) is 12.4 Å². The fourth-order valence-electron chi connectivity index (χ4n) is 2.12. The Morgan fingerprint density at radius 2 is 1.76 bits per heavy atom. The van der Waals surface area contributed by atoms with Crippen molar-refractivity contribution in [3.63, 3.8) is 0 Å². The Bertz CT molecular complexity index is 770. The highest BCUT2D eigenvalue weighted by Gasteiger charge is 2.18. The number of alkyl halides is 2. The summed E-state index contributed by atoms with van der Waals surface area (Å²) in [6.07, 6.45) is 0. The lowest BCUT2D eigenvalue weighted by molar-refractivity contribution is 0.0675. The third kappa shape index (κ3) is 2.56. The number of nitrogens with zero attached hydrogens (tertiary/aromatic N) is 2. The van der Waals surface area contributed by atoms with Crippen molar-refractivity contribution < 1.29 is 17.9 Å². The number of benzene rings is 2. The van der Waals surface area contributed by atoms with E-state index in [9.17, 15) is 13.2 Å². The molecule has 6 heteroatoms. The molecule has 3 aromatic rings. The zero-order valence-corrected chi connectivity index (χ0v) is 10.8. The fraction of sp³-hybridized carbons (Fsp3) is 0.133. The first-order valence-electron chi connectivity index (χ1n) is 6.28. The number of aromatic nitrogens is 2. The van der Waals surface area contributed by atoms with Crippen LogP contribution in [0.4, 0.5) is 13.2 Å². The van der Waals surface area contributed by atoms with Crippen LogP contribution < -0.4 is 4.74 Å². The molecular formula is C15H11F3N2O. The molecule has 0 fully saturated rings. The van der Waals surface area contributed by atoms with E-state index >= 15 is 0 Å². The van der Waals surface area contributed by atoms with Gasteiger partial charge in [-0.05, 0) is 24.3 Å². The van der Waals surface area contributed by atoms with Gasteiger partial charge in [0.25, 0.3) is 0 Å². The van der Waals surface area contributed by atoms with Crippen molar-refractivity contribution in [3.8, 4) is 5.75 Å². The monoisotopic (exact) mass is 292 g/mol. The van der Waals surface area contributed by atoms with Crippen LogP contribution in [0, 0.1) is 5.82 Å². The standard InChI is InChI=1S/C15H11F3N2O/c16-10-5-1-4-8-13(10)21-9-14-19-11-6-2-3-7-12(11)20(14)15(17)18/h1-8,15H,9H2. The summed E-state index contributed by atoms with van der Waals surface area (Å²) < 4.78 is 45.9. The van der Waals surface area contributed by atoms with Gasteiger partial charge in [-0.3, -0.25) is 4.57 Å². The zero-order chi connectivity index (χ0) is 14.8. The number of halogens is 3. The topological polar surface area (TPSA) is 27.1 Å². The summed E-state index contributed by atoms with van der Waals surface area (Å²) in [5, 5.41) is 0. The van der Waals surface area contributed by atoms with E-state index in [0.29, 0.717) is 11.0 Å². The van der Waals surface area contributed by atoms with Crippen molar-refractivity contribution in [1.29, 1.82) is 0 Å². The molecule has 0 unspecified atom stereocenters. The van der Waals surface area contributed by atoms with E-state index in [1.807, 2.05) is 0 Å². The molecule has 0 radical (unpaired) electrons. The normalized spacial score (nSPS) is 11.2. The van der Waals surface area contributed by atoms with Crippen molar-refractivity contribution in [1.82, 2.24) is 9.55 Å². The van der Waals surface area contributed by atoms with Crippen LogP contribution in [0.2, 0.25) is 0 Å². The number of hydrogen-bond donors (Lipinski definition) is 0. The highest BCUT2D eigenvalue weighted by molar-refractivity contribution is 5.75. The highest BCUT2D eigenvalue weighted by atomic mass is 19.3. The van der Waals surface area contributed by atoms with Gasteiger partial charge in [-0.25, -0.2) is 9.37 Å². The third-order valence-corrected chi connectivity index (χ3v) is 3.06. The minimum absolute atomic E-state index is 0.00497. The van der Waals surface area contributed by atoms with Gasteiger partial charge in [-0.1, -0.05) is 24.3 Å². The second-order valence-corrected chi connectivity index (χ2v) is 4.38. The van der Waals surface area contributed by atoms with Gasteiger partial charge in [0, 0.05) is 0 Å². The molecule has 0 N–H and O–H groups in total. The van der Waals surface area contributed by atoms with E-state index < -0.39 is 12.4 Å². The summed E-state index contributed by atoms with van der Waals surface area (Å²) in [7, 11) is 0. The Morgan fingerprint density at radius 1 is 1.05 bits per heavy atom. The molecule has 0 aliphatic carbocycles. The van der Waals surface area contributed by atoms with Crippen LogP contribution in [-0.4, -0.2) is 9.55 Å². The first kappa shape index (κ1) is 13.5. The van der Waals surface area contributed by atoms with Gasteiger partial charge in [-0.15, -0.1) is 0 Å². The van der Waals surface area contributed by atoms with Gasteiger partial charge in [-0.2, -0.15) is 8.78 Å². The Labute approximate surface area is 118 Å². The number of para-hydroxylation sites is 3. The molecule has 21 heavy (non-hydrogen) atoms. The van der Waals surface area contributed by atoms with E-state index in [2.05, 4.69) is 4.98 Å². The van der Waals surface area contributed by atoms with Crippen molar-refractivity contribution in [2.24, 2.45) is 0 Å². The van der Waals surface area contributed by atoms with E-state index in [4.69, 9.17) is 4.74 Å². The maximum absolute atomic E-state index is 13.5. The average Bonchev–Trinajstić information content (AvgIpc) is 2.85. The Morgan fingerprint density at radius 3 is 2.52 bits per heavy atom. The van der Waals surface area contributed by atoms with Gasteiger partial charge in [0.05, 0.1) is 11.0 Å². The molecule has 1 heterocycles. The van der Waals surface area contributed by atoms with E-state index in [1.165, 1.54) is 18.2 Å². The van der Waals surface area contributed by atoms with Crippen molar-refractivity contribution in [3.05, 3.63) is 60.2 Å². The summed E-state index contributed by atoms with van der Waals surface area (Å²) in [6.45, 7) is -2.98. The van der Waals surface area contributed by atoms with E-state index in [-0.39, 0.29) is 18.2 Å². The quantitative estimate of drug-likeness (QED) is 0.722. The van der Waals surface area contributed by atoms with Crippen LogP contribution >= 0.6 is 0 Å². The SMILES string of the molecule is Fc1ccccc1OCc1nc2ccccc2n1C(F)F. The second-order valence-electron chi connectivity index (χ2n) is 4.38. The molecule has 2 aromatic carbocycles. The minimum atomic E-state index is -2.74. The zero-order valence-electron chi connectivity index (χ0n) is 10.8. The Balaban J connectivity index is 1.93. The lowest BCUT2D eigenvalue weighted by Gasteiger charge is -2.09. The summed E-state index contributed by atoms with van der Waals surface area (Å²) in [6, 6.07) is 12.4. The molecule has 0 aliphatic heterocycles. The minimum Gasteiger partial charge on any atom is -0.483 e. The molecule has 0 atom stereocenters. The van der Waals surface area contributed by atoms with Crippen molar-refractivity contribution in [2.45, 2.75) is 13.2 Å². The highest BCUT2D eigenvalue weighted by Crippen LogP contribution is 2.24. The molecule has 0 aliphatic rings. The number of imidazole rings is 1. The maximum Gasteiger partial charge on any atom is 0.320 e. The smallest absolute Gasteiger partial charge is 0.320 e. The van der Waals surface area contributed by atoms with Crippen LogP contribution in [0.3, 0.4) is 0 Å². The summed E-state index contributed by atoms with van der Waals surface area (Å²) in [5.41, 5.74) is 0.768. The van der Waals surface area contributed by atoms with E-state index in [1.54, 1.807) is 30.3 Å². The van der Waals surface area contributed by atoms with Crippen LogP contribution in [-0.2, 0) is 6.61 Å². The molecule has 0 spiro atoms. The number of rotatable bonds is 4. The summed E-state index contributed by atoms with van der Waals surface area (Å²) >= 11 is 0. The molecule has 0 saturated carbocycles. The summed E-state index contributed by atoms with van der Waals surface area (Å²) in [5.74, 6) is -0.489. The summed E-state index contributed by atoms with van der Waals surface area (Å²) in [4.78, 5) is 4.11. The van der Waals surface area contributed by atoms with Gasteiger partial charge in [0.2, 0.25) is 0 Å². The average molecular weight is 292 g/mol. The predicted molar refractivity (Wildman–Crippen MR) is 71.7 cm³/mol. The molecule has 0 saturated heterocycles. The Hall–Kier alpha value is -2.50. The number of ether oxygens (including phenoxy) is 1. The first-order chi connectivity index (χ1) is 10.2. The van der Waals surface area contributed by atoms with Crippen molar-refractivity contribution >= 4 is 11.0 Å². The van der Waals surface area contributed by atoms with Crippen molar-refractivity contribution in [2.75, 3.05) is 0 Å². The lowest BCUT2D eigenvalue weighted by atomic mass is 10.3.